The summed E-state index contributed by atoms with van der Waals surface area (Å²) in [5.41, 5.74) is 7.13. The summed E-state index contributed by atoms with van der Waals surface area (Å²) in [5, 5.41) is 15.4. The lowest BCUT2D eigenvalue weighted by Crippen LogP contribution is -2.23. The Kier molecular flexibility index (Phi) is 3.79. The first kappa shape index (κ1) is 12.4. The minimum atomic E-state index is -3.11. The van der Waals surface area contributed by atoms with E-state index < -0.39 is 9.84 Å². The van der Waals surface area contributed by atoms with Gasteiger partial charge in [0.15, 0.2) is 17.3 Å². The second kappa shape index (κ2) is 4.90. The summed E-state index contributed by atoms with van der Waals surface area (Å²) in [6, 6.07) is 0. The number of amidine groups is 1. The molecule has 1 aromatic heterocycles. The maximum absolute atomic E-state index is 10.8. The Morgan fingerprint density at radius 2 is 2.31 bits per heavy atom. The summed E-state index contributed by atoms with van der Waals surface area (Å²) < 4.78 is 26.0. The van der Waals surface area contributed by atoms with Crippen LogP contribution in [0.1, 0.15) is 5.69 Å². The Morgan fingerprint density at radius 3 is 2.75 bits per heavy atom. The molecule has 4 N–H and O–H groups in total. The molecular weight excluding hydrogens is 238 g/mol. The highest BCUT2D eigenvalue weighted by Gasteiger charge is 2.13. The van der Waals surface area contributed by atoms with E-state index >= 15 is 0 Å². The Labute approximate surface area is 91.2 Å². The number of aliphatic imine (C=N–C) groups is 1. The number of sulfone groups is 1. The van der Waals surface area contributed by atoms with Crippen LogP contribution in [0.25, 0.3) is 0 Å². The first-order chi connectivity index (χ1) is 7.44. The lowest BCUT2D eigenvalue weighted by Gasteiger charge is -2.00. The summed E-state index contributed by atoms with van der Waals surface area (Å²) in [5.74, 6) is -0.300. The van der Waals surface area contributed by atoms with Crippen LogP contribution in [0.5, 0.6) is 0 Å². The first-order valence-corrected chi connectivity index (χ1v) is 6.21. The van der Waals surface area contributed by atoms with E-state index in [0.29, 0.717) is 0 Å². The molecule has 0 aliphatic carbocycles. The van der Waals surface area contributed by atoms with Crippen LogP contribution in [0, 0.1) is 0 Å². The quantitative estimate of drug-likeness (QED) is 0.329. The Balaban J connectivity index is 2.76. The summed E-state index contributed by atoms with van der Waals surface area (Å²) >= 11 is 0. The second-order valence-corrected chi connectivity index (χ2v) is 5.23. The van der Waals surface area contributed by atoms with Crippen molar-refractivity contribution in [3.63, 3.8) is 0 Å². The van der Waals surface area contributed by atoms with Crippen LogP contribution >= 0.6 is 0 Å². The van der Waals surface area contributed by atoms with Gasteiger partial charge in [-0.1, -0.05) is 0 Å². The molecule has 0 aromatic carbocycles. The van der Waals surface area contributed by atoms with Crippen molar-refractivity contribution in [1.82, 2.24) is 15.8 Å². The zero-order valence-corrected chi connectivity index (χ0v) is 9.23. The molecule has 0 aliphatic rings. The molecule has 0 saturated carbocycles. The number of nitrogens with two attached hydrogens (primary N) is 1. The lowest BCUT2D eigenvalue weighted by molar-refractivity contribution is 0.233. The zero-order valence-electron chi connectivity index (χ0n) is 8.41. The van der Waals surface area contributed by atoms with Gasteiger partial charge in [-0.25, -0.2) is 13.0 Å². The third kappa shape index (κ3) is 3.47. The smallest absolute Gasteiger partial charge is 0.199 e. The van der Waals surface area contributed by atoms with E-state index in [4.69, 9.17) is 10.9 Å². The molecule has 0 fully saturated rings. The van der Waals surface area contributed by atoms with Gasteiger partial charge in [-0.2, -0.15) is 0 Å². The van der Waals surface area contributed by atoms with Gasteiger partial charge in [0.05, 0.1) is 12.3 Å². The van der Waals surface area contributed by atoms with Gasteiger partial charge in [-0.05, 0) is 10.3 Å². The molecule has 90 valence electrons. The Hall–Kier alpha value is -1.68. The van der Waals surface area contributed by atoms with Crippen molar-refractivity contribution in [3.8, 4) is 0 Å². The van der Waals surface area contributed by atoms with Gasteiger partial charge in [0.2, 0.25) is 0 Å². The molecule has 0 saturated heterocycles. The average molecular weight is 249 g/mol. The van der Waals surface area contributed by atoms with Crippen LogP contribution in [0.4, 0.5) is 5.82 Å². The standard InChI is InChI=1S/C6H11N5O4S/c1-16(13,14)3-2-8-6(9-12)4-5(7)11-15-10-4/h12H,2-3H2,1H3,(H2,7,11)(H,8,9). The highest BCUT2D eigenvalue weighted by molar-refractivity contribution is 7.90. The number of rotatable bonds is 4. The van der Waals surface area contributed by atoms with Crippen molar-refractivity contribution in [1.29, 1.82) is 0 Å². The van der Waals surface area contributed by atoms with E-state index in [-0.39, 0.29) is 29.6 Å². The number of anilines is 1. The van der Waals surface area contributed by atoms with Gasteiger partial charge in [0.1, 0.15) is 9.84 Å². The fourth-order valence-corrected chi connectivity index (χ4v) is 1.27. The highest BCUT2D eigenvalue weighted by atomic mass is 32.2. The number of aromatic nitrogens is 2. The van der Waals surface area contributed by atoms with Crippen LogP contribution in [0.3, 0.4) is 0 Å². The van der Waals surface area contributed by atoms with Crippen molar-refractivity contribution in [3.05, 3.63) is 5.69 Å². The molecule has 1 aromatic rings. The Morgan fingerprint density at radius 1 is 1.62 bits per heavy atom. The number of hydrogen-bond acceptors (Lipinski definition) is 8. The van der Waals surface area contributed by atoms with Crippen molar-refractivity contribution in [2.75, 3.05) is 24.3 Å². The lowest BCUT2D eigenvalue weighted by atomic mass is 10.4. The fourth-order valence-electron chi connectivity index (χ4n) is 0.846. The summed E-state index contributed by atoms with van der Waals surface area (Å²) in [7, 11) is -3.11. The van der Waals surface area contributed by atoms with Crippen molar-refractivity contribution in [2.24, 2.45) is 4.99 Å². The monoisotopic (exact) mass is 249 g/mol. The predicted molar refractivity (Wildman–Crippen MR) is 54.7 cm³/mol. The summed E-state index contributed by atoms with van der Waals surface area (Å²) in [4.78, 5) is 3.76. The van der Waals surface area contributed by atoms with Gasteiger partial charge in [0.25, 0.3) is 0 Å². The summed E-state index contributed by atoms with van der Waals surface area (Å²) in [6.07, 6.45) is 1.08. The van der Waals surface area contributed by atoms with E-state index in [0.717, 1.165) is 6.26 Å². The van der Waals surface area contributed by atoms with Crippen LogP contribution in [-0.2, 0) is 9.84 Å². The average Bonchev–Trinajstić information content (AvgIpc) is 2.58. The number of nitrogens with zero attached hydrogens (tertiary/aromatic N) is 3. The van der Waals surface area contributed by atoms with Crippen LogP contribution in [0.15, 0.2) is 9.62 Å². The van der Waals surface area contributed by atoms with E-state index in [1.165, 1.54) is 0 Å². The Bertz CT molecular complexity index is 479. The number of nitrogen functional groups attached to an aromatic ring is 1. The molecule has 1 heterocycles. The van der Waals surface area contributed by atoms with Crippen molar-refractivity contribution >= 4 is 21.5 Å². The molecule has 0 unspecified atom stereocenters. The van der Waals surface area contributed by atoms with Crippen LogP contribution in [-0.4, -0.2) is 48.3 Å². The molecule has 0 radical (unpaired) electrons. The largest absolute Gasteiger partial charge is 0.379 e. The van der Waals surface area contributed by atoms with Gasteiger partial charge < -0.3 is 5.73 Å². The number of hydroxylamine groups is 1. The molecule has 0 spiro atoms. The van der Waals surface area contributed by atoms with Gasteiger partial charge in [0, 0.05) is 6.26 Å². The third-order valence-corrected chi connectivity index (χ3v) is 2.50. The third-order valence-electron chi connectivity index (χ3n) is 1.58. The van der Waals surface area contributed by atoms with E-state index in [9.17, 15) is 8.42 Å². The maximum atomic E-state index is 10.8. The molecule has 0 bridgehead atoms. The number of nitrogens with one attached hydrogen (secondary N) is 1. The van der Waals surface area contributed by atoms with Crippen LogP contribution < -0.4 is 11.2 Å². The van der Waals surface area contributed by atoms with E-state index in [1.807, 2.05) is 0 Å². The fraction of sp³-hybridized carbons (Fsp3) is 0.500. The van der Waals surface area contributed by atoms with Crippen molar-refractivity contribution < 1.29 is 18.3 Å². The molecule has 16 heavy (non-hydrogen) atoms. The molecule has 9 nitrogen and oxygen atoms in total. The predicted octanol–water partition coefficient (Wildman–Crippen LogP) is -1.58. The first-order valence-electron chi connectivity index (χ1n) is 4.14. The molecule has 10 heteroatoms. The number of hydrogen-bond donors (Lipinski definition) is 3. The van der Waals surface area contributed by atoms with Crippen LogP contribution in [0.2, 0.25) is 0 Å². The van der Waals surface area contributed by atoms with E-state index in [2.05, 4.69) is 19.9 Å². The van der Waals surface area contributed by atoms with E-state index in [1.54, 1.807) is 5.48 Å². The summed E-state index contributed by atoms with van der Waals surface area (Å²) in [6.45, 7) is -0.0337. The minimum absolute atomic E-state index is 0.0241. The maximum Gasteiger partial charge on any atom is 0.199 e. The molecule has 0 atom stereocenters. The molecular formula is C6H11N5O4S. The molecule has 0 aliphatic heterocycles. The molecule has 0 amide bonds. The highest BCUT2D eigenvalue weighted by Crippen LogP contribution is 2.04. The SMILES string of the molecule is CS(=O)(=O)CCN=C(NO)c1nonc1N. The molecule has 1 rings (SSSR count). The normalized spacial score (nSPS) is 12.8. The zero-order chi connectivity index (χ0) is 12.2. The van der Waals surface area contributed by atoms with Gasteiger partial charge >= 0.3 is 0 Å². The second-order valence-electron chi connectivity index (χ2n) is 2.97. The van der Waals surface area contributed by atoms with Gasteiger partial charge in [-0.15, -0.1) is 0 Å². The van der Waals surface area contributed by atoms with Crippen molar-refractivity contribution in [2.45, 2.75) is 0 Å². The van der Waals surface area contributed by atoms with Gasteiger partial charge in [-0.3, -0.25) is 15.7 Å². The topological polar surface area (TPSA) is 144 Å². The minimum Gasteiger partial charge on any atom is -0.379 e.